The first kappa shape index (κ1) is 9.56. The summed E-state index contributed by atoms with van der Waals surface area (Å²) in [6.45, 7) is 0. The Bertz CT molecular complexity index is 312. The summed E-state index contributed by atoms with van der Waals surface area (Å²) in [7, 11) is 0. The van der Waals surface area contributed by atoms with E-state index in [1.54, 1.807) is 0 Å². The van der Waals surface area contributed by atoms with Crippen molar-refractivity contribution in [1.29, 1.82) is 0 Å². The fourth-order valence-corrected chi connectivity index (χ4v) is 0.604. The van der Waals surface area contributed by atoms with Gasteiger partial charge in [-0.1, -0.05) is 0 Å². The van der Waals surface area contributed by atoms with Crippen molar-refractivity contribution in [1.82, 2.24) is 4.98 Å². The topological polar surface area (TPSA) is 42.4 Å². The predicted octanol–water partition coefficient (Wildman–Crippen LogP) is 1.82. The summed E-state index contributed by atoms with van der Waals surface area (Å²) in [6, 6.07) is 0.466. The summed E-state index contributed by atoms with van der Waals surface area (Å²) in [5, 5.41) is 8.73. The van der Waals surface area contributed by atoms with E-state index in [-0.39, 0.29) is 0 Å². The van der Waals surface area contributed by atoms with Gasteiger partial charge in [0.05, 0.1) is 6.20 Å². The third-order valence-electron chi connectivity index (χ3n) is 1.01. The summed E-state index contributed by atoms with van der Waals surface area (Å²) in [4.78, 5) is 2.90. The first-order valence-corrected chi connectivity index (χ1v) is 2.99. The average Bonchev–Trinajstić information content (AvgIpc) is 1.93. The van der Waals surface area contributed by atoms with Crippen molar-refractivity contribution in [3.05, 3.63) is 18.1 Å². The predicted molar refractivity (Wildman–Crippen MR) is 32.5 cm³/mol. The Morgan fingerprint density at radius 3 is 2.46 bits per heavy atom. The minimum absolute atomic E-state index is 0.466. The Hall–Kier alpha value is -1.53. The quantitative estimate of drug-likeness (QED) is 0.698. The molecule has 1 rings (SSSR count). The maximum absolute atomic E-state index is 12.2. The van der Waals surface area contributed by atoms with Gasteiger partial charge in [0.15, 0.2) is 5.75 Å². The minimum atomic E-state index is -4.96. The maximum Gasteiger partial charge on any atom is 0.574 e. The van der Waals surface area contributed by atoms with E-state index in [1.165, 1.54) is 0 Å². The lowest BCUT2D eigenvalue weighted by molar-refractivity contribution is -0.276. The molecule has 0 radical (unpaired) electrons. The zero-order valence-electron chi connectivity index (χ0n) is 5.97. The molecular weight excluding hydrogens is 194 g/mol. The standard InChI is InChI=1S/C6H3F4NO2/c7-3-1-4(12)5(11-2-3)13-6(8,9)10/h1-2,12H. The van der Waals surface area contributed by atoms with Crippen molar-refractivity contribution >= 4 is 0 Å². The van der Waals surface area contributed by atoms with E-state index in [1.807, 2.05) is 0 Å². The van der Waals surface area contributed by atoms with E-state index in [4.69, 9.17) is 5.11 Å². The maximum atomic E-state index is 12.2. The van der Waals surface area contributed by atoms with Crippen LogP contribution in [0.2, 0.25) is 0 Å². The first-order chi connectivity index (χ1) is 5.88. The van der Waals surface area contributed by atoms with Crippen LogP contribution >= 0.6 is 0 Å². The van der Waals surface area contributed by atoms with Gasteiger partial charge in [0, 0.05) is 6.07 Å². The second-order valence-corrected chi connectivity index (χ2v) is 2.03. The van der Waals surface area contributed by atoms with E-state index in [0.29, 0.717) is 12.3 Å². The Labute approximate surface area is 69.6 Å². The van der Waals surface area contributed by atoms with E-state index in [2.05, 4.69) is 9.72 Å². The van der Waals surface area contributed by atoms with Crippen molar-refractivity contribution in [3.63, 3.8) is 0 Å². The van der Waals surface area contributed by atoms with Gasteiger partial charge < -0.3 is 9.84 Å². The van der Waals surface area contributed by atoms with Crippen LogP contribution in [0.1, 0.15) is 0 Å². The summed E-state index contributed by atoms with van der Waals surface area (Å²) < 4.78 is 50.1. The normalized spacial score (nSPS) is 11.4. The number of rotatable bonds is 1. The SMILES string of the molecule is Oc1cc(F)cnc1OC(F)(F)F. The summed E-state index contributed by atoms with van der Waals surface area (Å²) >= 11 is 0. The van der Waals surface area contributed by atoms with Crippen LogP contribution in [0.4, 0.5) is 17.6 Å². The fourth-order valence-electron chi connectivity index (χ4n) is 0.604. The molecule has 0 bridgehead atoms. The second kappa shape index (κ2) is 3.08. The molecule has 1 aromatic rings. The van der Waals surface area contributed by atoms with Crippen LogP contribution in [0, 0.1) is 5.82 Å². The summed E-state index contributed by atoms with van der Waals surface area (Å²) in [6.07, 6.45) is -4.46. The Morgan fingerprint density at radius 2 is 2.00 bits per heavy atom. The molecule has 0 aromatic carbocycles. The molecule has 0 aliphatic heterocycles. The third kappa shape index (κ3) is 2.77. The Balaban J connectivity index is 2.90. The molecular formula is C6H3F4NO2. The molecule has 0 spiro atoms. The number of halogens is 4. The Kier molecular flexibility index (Phi) is 2.26. The van der Waals surface area contributed by atoms with Crippen LogP contribution in [0.15, 0.2) is 12.3 Å². The number of hydrogen-bond donors (Lipinski definition) is 1. The number of aromatic nitrogens is 1. The molecule has 7 heteroatoms. The molecule has 0 unspecified atom stereocenters. The van der Waals surface area contributed by atoms with Crippen molar-refractivity contribution in [2.75, 3.05) is 0 Å². The molecule has 0 saturated heterocycles. The molecule has 1 aromatic heterocycles. The highest BCUT2D eigenvalue weighted by Crippen LogP contribution is 2.28. The monoisotopic (exact) mass is 197 g/mol. The van der Waals surface area contributed by atoms with E-state index in [0.717, 1.165) is 0 Å². The molecule has 0 aliphatic rings. The van der Waals surface area contributed by atoms with Gasteiger partial charge in [0.2, 0.25) is 0 Å². The number of aromatic hydroxyl groups is 1. The van der Waals surface area contributed by atoms with Crippen LogP contribution in [0.25, 0.3) is 0 Å². The lowest BCUT2D eigenvalue weighted by atomic mass is 10.4. The van der Waals surface area contributed by atoms with E-state index < -0.39 is 23.8 Å². The van der Waals surface area contributed by atoms with E-state index in [9.17, 15) is 17.6 Å². The molecule has 3 nitrogen and oxygen atoms in total. The van der Waals surface area contributed by atoms with Crippen molar-refractivity contribution in [3.8, 4) is 11.6 Å². The highest BCUT2D eigenvalue weighted by atomic mass is 19.4. The van der Waals surface area contributed by atoms with Gasteiger partial charge in [0.1, 0.15) is 5.82 Å². The molecule has 0 saturated carbocycles. The summed E-state index contributed by atoms with van der Waals surface area (Å²) in [5.41, 5.74) is 0. The van der Waals surface area contributed by atoms with Gasteiger partial charge in [-0.05, 0) is 0 Å². The van der Waals surface area contributed by atoms with Crippen LogP contribution in [0.3, 0.4) is 0 Å². The molecule has 1 N–H and O–H groups in total. The molecule has 0 fully saturated rings. The van der Waals surface area contributed by atoms with Gasteiger partial charge in [0.25, 0.3) is 5.88 Å². The minimum Gasteiger partial charge on any atom is -0.503 e. The highest BCUT2D eigenvalue weighted by molar-refractivity contribution is 5.31. The lowest BCUT2D eigenvalue weighted by Crippen LogP contribution is -2.18. The molecule has 72 valence electrons. The van der Waals surface area contributed by atoms with Gasteiger partial charge >= 0.3 is 6.36 Å². The Morgan fingerprint density at radius 1 is 1.38 bits per heavy atom. The molecule has 13 heavy (non-hydrogen) atoms. The average molecular weight is 197 g/mol. The van der Waals surface area contributed by atoms with Crippen LogP contribution in [0.5, 0.6) is 11.6 Å². The number of ether oxygens (including phenoxy) is 1. The highest BCUT2D eigenvalue weighted by Gasteiger charge is 2.33. The molecule has 0 amide bonds. The third-order valence-corrected chi connectivity index (χ3v) is 1.01. The number of alkyl halides is 3. The van der Waals surface area contributed by atoms with Gasteiger partial charge in [-0.15, -0.1) is 13.2 Å². The molecule has 1 heterocycles. The molecule has 0 atom stereocenters. The number of nitrogens with zero attached hydrogens (tertiary/aromatic N) is 1. The lowest BCUT2D eigenvalue weighted by Gasteiger charge is -2.08. The van der Waals surface area contributed by atoms with Gasteiger partial charge in [-0.2, -0.15) is 0 Å². The van der Waals surface area contributed by atoms with Crippen LogP contribution in [-0.4, -0.2) is 16.5 Å². The number of hydrogen-bond acceptors (Lipinski definition) is 3. The fraction of sp³-hybridized carbons (Fsp3) is 0.167. The van der Waals surface area contributed by atoms with E-state index >= 15 is 0 Å². The zero-order chi connectivity index (χ0) is 10.1. The smallest absolute Gasteiger partial charge is 0.503 e. The second-order valence-electron chi connectivity index (χ2n) is 2.03. The largest absolute Gasteiger partial charge is 0.574 e. The van der Waals surface area contributed by atoms with Crippen LogP contribution in [-0.2, 0) is 0 Å². The van der Waals surface area contributed by atoms with Crippen molar-refractivity contribution in [2.45, 2.75) is 6.36 Å². The van der Waals surface area contributed by atoms with Crippen molar-refractivity contribution in [2.24, 2.45) is 0 Å². The number of pyridine rings is 1. The first-order valence-electron chi connectivity index (χ1n) is 2.99. The van der Waals surface area contributed by atoms with Crippen LogP contribution < -0.4 is 4.74 Å². The van der Waals surface area contributed by atoms with Gasteiger partial charge in [-0.25, -0.2) is 9.37 Å². The zero-order valence-corrected chi connectivity index (χ0v) is 5.97. The summed E-state index contributed by atoms with van der Waals surface area (Å²) in [5.74, 6) is -3.03. The van der Waals surface area contributed by atoms with Crippen molar-refractivity contribution < 1.29 is 27.4 Å². The van der Waals surface area contributed by atoms with Gasteiger partial charge in [-0.3, -0.25) is 0 Å². The molecule has 0 aliphatic carbocycles.